The average Bonchev–Trinajstić information content (AvgIpc) is 2.64. The van der Waals surface area contributed by atoms with Gasteiger partial charge in [0.1, 0.15) is 0 Å². The number of benzene rings is 1. The Hall–Kier alpha value is -1.90. The molecule has 3 rings (SSSR count). The fraction of sp³-hybridized carbons (Fsp3) is 0.412. The van der Waals surface area contributed by atoms with Crippen molar-refractivity contribution >= 4 is 17.5 Å². The number of allylic oxidation sites excluding steroid dienone is 2. The van der Waals surface area contributed by atoms with Crippen LogP contribution in [0, 0.1) is 18.8 Å². The van der Waals surface area contributed by atoms with Crippen LogP contribution in [-0.4, -0.2) is 11.8 Å². The van der Waals surface area contributed by atoms with Crippen molar-refractivity contribution < 1.29 is 9.59 Å². The second-order valence-corrected chi connectivity index (χ2v) is 5.98. The molecule has 1 aromatic rings. The van der Waals surface area contributed by atoms with Crippen LogP contribution in [0.15, 0.2) is 35.4 Å². The summed E-state index contributed by atoms with van der Waals surface area (Å²) in [5, 5.41) is 0. The van der Waals surface area contributed by atoms with E-state index < -0.39 is 0 Å². The van der Waals surface area contributed by atoms with Gasteiger partial charge in [0.2, 0.25) is 11.8 Å². The first kappa shape index (κ1) is 13.1. The summed E-state index contributed by atoms with van der Waals surface area (Å²) in [4.78, 5) is 26.7. The number of nitrogens with zero attached hydrogens (tertiary/aromatic N) is 1. The summed E-state index contributed by atoms with van der Waals surface area (Å²) in [6.07, 6.45) is 1.45. The highest BCUT2D eigenvalue weighted by Gasteiger charge is 2.49. The average molecular weight is 269 g/mol. The van der Waals surface area contributed by atoms with E-state index in [-0.39, 0.29) is 23.7 Å². The Morgan fingerprint density at radius 1 is 0.900 bits per heavy atom. The fourth-order valence-corrected chi connectivity index (χ4v) is 3.30. The molecular formula is C17H19NO2. The van der Waals surface area contributed by atoms with Crippen molar-refractivity contribution in [2.75, 3.05) is 4.90 Å². The van der Waals surface area contributed by atoms with Crippen molar-refractivity contribution in [3.63, 3.8) is 0 Å². The van der Waals surface area contributed by atoms with E-state index in [4.69, 9.17) is 0 Å². The Morgan fingerprint density at radius 3 is 1.90 bits per heavy atom. The van der Waals surface area contributed by atoms with Crippen molar-refractivity contribution in [2.45, 2.75) is 33.6 Å². The maximum absolute atomic E-state index is 12.6. The van der Waals surface area contributed by atoms with Crippen molar-refractivity contribution in [2.24, 2.45) is 11.8 Å². The van der Waals surface area contributed by atoms with E-state index in [1.54, 1.807) is 0 Å². The molecule has 0 unspecified atom stereocenters. The standard InChI is InChI=1S/C17H19NO2/c1-10-6-4-5-7-15(10)18-16(19)13-8-11(2)12(3)9-14(13)17(18)20/h4-7,13-14H,8-9H2,1-3H3/t13-,14-/m1/s1. The van der Waals surface area contributed by atoms with Gasteiger partial charge in [-0.2, -0.15) is 0 Å². The molecule has 1 aromatic carbocycles. The van der Waals surface area contributed by atoms with Gasteiger partial charge in [0, 0.05) is 0 Å². The molecule has 1 aliphatic heterocycles. The van der Waals surface area contributed by atoms with Gasteiger partial charge in [-0.3, -0.25) is 9.59 Å². The third-order valence-corrected chi connectivity index (χ3v) is 4.70. The molecule has 3 nitrogen and oxygen atoms in total. The molecular weight excluding hydrogens is 250 g/mol. The molecule has 0 N–H and O–H groups in total. The van der Waals surface area contributed by atoms with Gasteiger partial charge < -0.3 is 0 Å². The second kappa shape index (κ2) is 4.58. The summed E-state index contributed by atoms with van der Waals surface area (Å²) < 4.78 is 0. The predicted octanol–water partition coefficient (Wildman–Crippen LogP) is 3.23. The predicted molar refractivity (Wildman–Crippen MR) is 78.3 cm³/mol. The van der Waals surface area contributed by atoms with Crippen LogP contribution in [0.3, 0.4) is 0 Å². The van der Waals surface area contributed by atoms with E-state index in [1.165, 1.54) is 16.0 Å². The molecule has 20 heavy (non-hydrogen) atoms. The maximum atomic E-state index is 12.6. The number of imide groups is 1. The maximum Gasteiger partial charge on any atom is 0.238 e. The van der Waals surface area contributed by atoms with Crippen molar-refractivity contribution in [1.29, 1.82) is 0 Å². The number of aryl methyl sites for hydroxylation is 1. The summed E-state index contributed by atoms with van der Waals surface area (Å²) in [6, 6.07) is 7.59. The van der Waals surface area contributed by atoms with E-state index in [0.717, 1.165) is 24.1 Å². The molecule has 0 radical (unpaired) electrons. The zero-order chi connectivity index (χ0) is 14.4. The van der Waals surface area contributed by atoms with E-state index >= 15 is 0 Å². The van der Waals surface area contributed by atoms with Gasteiger partial charge in [-0.15, -0.1) is 0 Å². The molecule has 1 fully saturated rings. The fourth-order valence-electron chi connectivity index (χ4n) is 3.30. The van der Waals surface area contributed by atoms with Crippen LogP contribution < -0.4 is 4.90 Å². The van der Waals surface area contributed by atoms with Crippen molar-refractivity contribution in [3.05, 3.63) is 41.0 Å². The molecule has 3 heteroatoms. The largest absolute Gasteiger partial charge is 0.274 e. The summed E-state index contributed by atoms with van der Waals surface area (Å²) in [5.41, 5.74) is 4.24. The van der Waals surface area contributed by atoms with Crippen LogP contribution in [0.25, 0.3) is 0 Å². The number of para-hydroxylation sites is 1. The Morgan fingerprint density at radius 2 is 1.40 bits per heavy atom. The molecule has 2 atom stereocenters. The molecule has 1 aliphatic carbocycles. The highest BCUT2D eigenvalue weighted by atomic mass is 16.2. The molecule has 1 saturated heterocycles. The first-order valence-electron chi connectivity index (χ1n) is 7.09. The van der Waals surface area contributed by atoms with Gasteiger partial charge in [0.25, 0.3) is 0 Å². The third-order valence-electron chi connectivity index (χ3n) is 4.70. The zero-order valence-corrected chi connectivity index (χ0v) is 12.1. The summed E-state index contributed by atoms with van der Waals surface area (Å²) in [7, 11) is 0. The van der Waals surface area contributed by atoms with Crippen LogP contribution in [0.2, 0.25) is 0 Å². The molecule has 2 amide bonds. The first-order valence-corrected chi connectivity index (χ1v) is 7.09. The molecule has 0 bridgehead atoms. The van der Waals surface area contributed by atoms with E-state index in [2.05, 4.69) is 13.8 Å². The lowest BCUT2D eigenvalue weighted by molar-refractivity contribution is -0.122. The Labute approximate surface area is 119 Å². The van der Waals surface area contributed by atoms with E-state index in [0.29, 0.717) is 0 Å². The highest BCUT2D eigenvalue weighted by molar-refractivity contribution is 6.22. The minimum absolute atomic E-state index is 0.0267. The number of carbonyl (C=O) groups excluding carboxylic acids is 2. The lowest BCUT2D eigenvalue weighted by Gasteiger charge is -2.23. The number of rotatable bonds is 1. The van der Waals surface area contributed by atoms with Crippen molar-refractivity contribution in [1.82, 2.24) is 0 Å². The Kier molecular flexibility index (Phi) is 3.00. The SMILES string of the molecule is CC1=C(C)C[C@H]2C(=O)N(c3ccccc3C)C(=O)[C@@H]2C1. The van der Waals surface area contributed by atoms with Gasteiger partial charge in [0.15, 0.2) is 0 Å². The number of fused-ring (bicyclic) bond motifs is 1. The number of hydrogen-bond donors (Lipinski definition) is 0. The summed E-state index contributed by atoms with van der Waals surface area (Å²) in [5.74, 6) is -0.376. The number of hydrogen-bond acceptors (Lipinski definition) is 2. The number of anilines is 1. The van der Waals surface area contributed by atoms with Gasteiger partial charge in [-0.05, 0) is 45.2 Å². The van der Waals surface area contributed by atoms with Gasteiger partial charge in [0.05, 0.1) is 17.5 Å². The number of carbonyl (C=O) groups is 2. The highest BCUT2D eigenvalue weighted by Crippen LogP contribution is 2.42. The third kappa shape index (κ3) is 1.80. The van der Waals surface area contributed by atoms with Crippen LogP contribution in [-0.2, 0) is 9.59 Å². The Balaban J connectivity index is 2.00. The quantitative estimate of drug-likeness (QED) is 0.580. The first-order chi connectivity index (χ1) is 9.50. The number of amides is 2. The monoisotopic (exact) mass is 269 g/mol. The topological polar surface area (TPSA) is 37.4 Å². The van der Waals surface area contributed by atoms with Crippen LogP contribution in [0.5, 0.6) is 0 Å². The second-order valence-electron chi connectivity index (χ2n) is 5.98. The van der Waals surface area contributed by atoms with Crippen LogP contribution in [0.4, 0.5) is 5.69 Å². The lowest BCUT2D eigenvalue weighted by Crippen LogP contribution is -2.31. The minimum atomic E-state index is -0.161. The molecule has 0 aromatic heterocycles. The minimum Gasteiger partial charge on any atom is -0.274 e. The summed E-state index contributed by atoms with van der Waals surface area (Å²) >= 11 is 0. The molecule has 2 aliphatic rings. The van der Waals surface area contributed by atoms with Crippen LogP contribution >= 0.6 is 0 Å². The smallest absolute Gasteiger partial charge is 0.238 e. The normalized spacial score (nSPS) is 26.2. The van der Waals surface area contributed by atoms with Gasteiger partial charge >= 0.3 is 0 Å². The Bertz CT molecular complexity index is 598. The van der Waals surface area contributed by atoms with Crippen LogP contribution in [0.1, 0.15) is 32.3 Å². The lowest BCUT2D eigenvalue weighted by atomic mass is 9.78. The zero-order valence-electron chi connectivity index (χ0n) is 12.1. The van der Waals surface area contributed by atoms with Gasteiger partial charge in [-0.25, -0.2) is 4.90 Å². The molecule has 0 saturated carbocycles. The summed E-state index contributed by atoms with van der Waals surface area (Å²) in [6.45, 7) is 6.08. The van der Waals surface area contributed by atoms with Gasteiger partial charge in [-0.1, -0.05) is 29.3 Å². The molecule has 0 spiro atoms. The van der Waals surface area contributed by atoms with Crippen molar-refractivity contribution in [3.8, 4) is 0 Å². The van der Waals surface area contributed by atoms with E-state index in [1.807, 2.05) is 31.2 Å². The molecule has 104 valence electrons. The molecule has 1 heterocycles. The van der Waals surface area contributed by atoms with E-state index in [9.17, 15) is 9.59 Å².